The molecule has 2 aromatic carbocycles. The lowest BCUT2D eigenvalue weighted by atomic mass is 9.97. The average molecular weight is 470 g/mol. The molecule has 1 unspecified atom stereocenters. The quantitative estimate of drug-likeness (QED) is 0.589. The fraction of sp³-hybridized carbons (Fsp3) is 0.304. The zero-order valence-electron chi connectivity index (χ0n) is 17.8. The maximum absolute atomic E-state index is 13.1. The molecule has 0 radical (unpaired) electrons. The molecule has 3 heterocycles. The van der Waals surface area contributed by atoms with E-state index in [1.165, 1.54) is 40.3 Å². The fourth-order valence-corrected chi connectivity index (χ4v) is 5.00. The minimum atomic E-state index is -2.25. The summed E-state index contributed by atoms with van der Waals surface area (Å²) in [7, 11) is 0. The van der Waals surface area contributed by atoms with Gasteiger partial charge in [0.25, 0.3) is 0 Å². The third kappa shape index (κ3) is 4.85. The van der Waals surface area contributed by atoms with Crippen LogP contribution in [0.4, 0.5) is 16.5 Å². The molecule has 1 saturated heterocycles. The average Bonchev–Trinajstić information content (AvgIpc) is 3.42. The van der Waals surface area contributed by atoms with Crippen LogP contribution in [0.25, 0.3) is 0 Å². The lowest BCUT2D eigenvalue weighted by molar-refractivity contribution is -0.118. The van der Waals surface area contributed by atoms with E-state index in [-0.39, 0.29) is 16.8 Å². The second kappa shape index (κ2) is 9.81. The molecule has 7 nitrogen and oxygen atoms in total. The lowest BCUT2D eigenvalue weighted by Crippen LogP contribution is -2.44. The molecule has 168 valence electrons. The Hall–Kier alpha value is -2.75. The molecule has 1 amide bonds. The largest absolute Gasteiger partial charge is 0.768 e. The third-order valence-electron chi connectivity index (χ3n) is 5.74. The minimum absolute atomic E-state index is 0.0921. The number of rotatable bonds is 3. The number of carbonyl (C=O) groups is 1. The summed E-state index contributed by atoms with van der Waals surface area (Å²) in [5.41, 5.74) is 9.70. The Bertz CT molecular complexity index is 1100. The number of fused-ring (bicyclic) bond motifs is 1. The van der Waals surface area contributed by atoms with E-state index in [4.69, 9.17) is 5.73 Å². The first-order valence-corrected chi connectivity index (χ1v) is 12.4. The first kappa shape index (κ1) is 22.4. The number of thiazole rings is 1. The molecule has 2 N–H and O–H groups in total. The number of nitrogens with two attached hydrogens (primary N) is 1. The van der Waals surface area contributed by atoms with Gasteiger partial charge in [0, 0.05) is 40.9 Å². The van der Waals surface area contributed by atoms with E-state index in [0.29, 0.717) is 11.7 Å². The van der Waals surface area contributed by atoms with Crippen molar-refractivity contribution >= 4 is 44.8 Å². The lowest BCUT2D eigenvalue weighted by Gasteiger charge is -2.35. The van der Waals surface area contributed by atoms with Crippen molar-refractivity contribution in [1.82, 2.24) is 4.98 Å². The van der Waals surface area contributed by atoms with Crippen molar-refractivity contribution in [3.05, 3.63) is 65.2 Å². The molecule has 9 heteroatoms. The number of amides is 1. The number of hydrogen-bond donors (Lipinski definition) is 1. The molecular weight excluding hydrogens is 444 g/mol. The van der Waals surface area contributed by atoms with E-state index in [1.807, 2.05) is 5.38 Å². The van der Waals surface area contributed by atoms with Gasteiger partial charge in [-0.05, 0) is 73.2 Å². The molecule has 3 aromatic rings. The van der Waals surface area contributed by atoms with Crippen molar-refractivity contribution in [3.63, 3.8) is 0 Å². The molecule has 2 aliphatic heterocycles. The van der Waals surface area contributed by atoms with Crippen LogP contribution in [0.5, 0.6) is 0 Å². The number of aryl methyl sites for hydroxylation is 2. The third-order valence-corrected chi connectivity index (χ3v) is 7.00. The highest BCUT2D eigenvalue weighted by atomic mass is 32.2. The van der Waals surface area contributed by atoms with E-state index in [9.17, 15) is 13.6 Å². The van der Waals surface area contributed by atoms with Crippen LogP contribution in [0.2, 0.25) is 0 Å². The minimum Gasteiger partial charge on any atom is -0.768 e. The van der Waals surface area contributed by atoms with Gasteiger partial charge in [0.05, 0.1) is 0 Å². The summed E-state index contributed by atoms with van der Waals surface area (Å²) >= 11 is -0.802. The van der Waals surface area contributed by atoms with Crippen LogP contribution in [0.3, 0.4) is 0 Å². The van der Waals surface area contributed by atoms with Gasteiger partial charge >= 0.3 is 0 Å². The monoisotopic (exact) mass is 469 g/mol. The zero-order chi connectivity index (χ0) is 22.7. The van der Waals surface area contributed by atoms with Crippen LogP contribution in [-0.4, -0.2) is 38.8 Å². The highest BCUT2D eigenvalue weighted by Crippen LogP contribution is 2.34. The topological polar surface area (TPSA) is 103 Å². The number of carbonyl (C=O) groups excluding carboxylic acids is 1. The Labute approximate surface area is 194 Å². The maximum Gasteiger partial charge on any atom is 0.249 e. The van der Waals surface area contributed by atoms with E-state index in [1.54, 1.807) is 23.2 Å². The van der Waals surface area contributed by atoms with Crippen LogP contribution in [-0.2, 0) is 22.3 Å². The highest BCUT2D eigenvalue weighted by molar-refractivity contribution is 7.79. The number of aromatic nitrogens is 1. The highest BCUT2D eigenvalue weighted by Gasteiger charge is 2.38. The second-order valence-electron chi connectivity index (χ2n) is 7.82. The Morgan fingerprint density at radius 3 is 2.59 bits per heavy atom. The van der Waals surface area contributed by atoms with Crippen LogP contribution in [0.15, 0.2) is 58.9 Å². The van der Waals surface area contributed by atoms with Gasteiger partial charge in [-0.3, -0.25) is 9.00 Å². The molecular formula is C23H25N4O3S2-. The molecule has 1 fully saturated rings. The van der Waals surface area contributed by atoms with Crippen molar-refractivity contribution < 1.29 is 13.6 Å². The van der Waals surface area contributed by atoms with Gasteiger partial charge in [-0.15, -0.1) is 11.3 Å². The molecule has 0 aliphatic carbocycles. The number of benzene rings is 2. The van der Waals surface area contributed by atoms with Crippen molar-refractivity contribution in [2.75, 3.05) is 28.6 Å². The molecule has 2 aliphatic rings. The number of hydrogen-bond acceptors (Lipinski definition) is 7. The van der Waals surface area contributed by atoms with E-state index in [0.717, 1.165) is 31.5 Å². The molecule has 1 aromatic heterocycles. The van der Waals surface area contributed by atoms with E-state index in [2.05, 4.69) is 35.0 Å². The predicted molar refractivity (Wildman–Crippen MR) is 128 cm³/mol. The summed E-state index contributed by atoms with van der Waals surface area (Å²) < 4.78 is 22.0. The summed E-state index contributed by atoms with van der Waals surface area (Å²) in [4.78, 5) is 21.0. The summed E-state index contributed by atoms with van der Waals surface area (Å²) in [6.07, 6.45) is 4.58. The van der Waals surface area contributed by atoms with Gasteiger partial charge in [-0.1, -0.05) is 17.7 Å². The van der Waals surface area contributed by atoms with Gasteiger partial charge in [-0.25, -0.2) is 4.98 Å². The van der Waals surface area contributed by atoms with E-state index >= 15 is 0 Å². The molecule has 5 rings (SSSR count). The SMILES string of the molecule is Cc1ccc2c(c1)CCCN2[C@H]1CCN(c2ccc(S(=O)[O-])cc2)C1=O.Nc1nccs1. The Morgan fingerprint density at radius 2 is 1.97 bits per heavy atom. The van der Waals surface area contributed by atoms with Crippen LogP contribution in [0, 0.1) is 6.92 Å². The molecule has 0 spiro atoms. The second-order valence-corrected chi connectivity index (χ2v) is 9.69. The number of anilines is 3. The standard InChI is InChI=1S/C20H22N2O3S.C3H4N2S/c1-14-4-9-18-15(13-14)3-2-11-22(18)19-10-12-21(20(19)23)16-5-7-17(8-6-16)26(24)25;4-3-5-1-2-6-3/h4-9,13,19H,2-3,10-12H2,1H3,(H,24,25);1-2H,(H2,4,5)/p-1/t19-;/m0./s1. The summed E-state index contributed by atoms with van der Waals surface area (Å²) in [6, 6.07) is 12.8. The van der Waals surface area contributed by atoms with Gasteiger partial charge in [-0.2, -0.15) is 0 Å². The zero-order valence-corrected chi connectivity index (χ0v) is 19.4. The predicted octanol–water partition coefficient (Wildman–Crippen LogP) is 3.52. The Kier molecular flexibility index (Phi) is 6.88. The summed E-state index contributed by atoms with van der Waals surface area (Å²) in [5, 5.41) is 2.48. The number of nitrogens with zero attached hydrogens (tertiary/aromatic N) is 3. The van der Waals surface area contributed by atoms with Crippen molar-refractivity contribution in [2.45, 2.75) is 37.1 Å². The van der Waals surface area contributed by atoms with E-state index < -0.39 is 11.1 Å². The molecule has 0 saturated carbocycles. The summed E-state index contributed by atoms with van der Waals surface area (Å²) in [5.74, 6) is 0.0921. The number of nitrogen functional groups attached to an aromatic ring is 1. The molecule has 0 bridgehead atoms. The van der Waals surface area contributed by atoms with Crippen molar-refractivity contribution in [3.8, 4) is 0 Å². The van der Waals surface area contributed by atoms with Gasteiger partial charge in [0.1, 0.15) is 6.04 Å². The van der Waals surface area contributed by atoms with Gasteiger partial charge < -0.3 is 20.1 Å². The van der Waals surface area contributed by atoms with Crippen LogP contribution >= 0.6 is 11.3 Å². The van der Waals surface area contributed by atoms with Crippen molar-refractivity contribution in [1.29, 1.82) is 0 Å². The Morgan fingerprint density at radius 1 is 1.19 bits per heavy atom. The summed E-state index contributed by atoms with van der Waals surface area (Å²) in [6.45, 7) is 3.65. The maximum atomic E-state index is 13.1. The first-order chi connectivity index (χ1) is 15.4. The smallest absolute Gasteiger partial charge is 0.249 e. The first-order valence-electron chi connectivity index (χ1n) is 10.5. The van der Waals surface area contributed by atoms with Gasteiger partial charge in [0.15, 0.2) is 5.13 Å². The fourth-order valence-electron chi connectivity index (χ4n) is 4.26. The Balaban J connectivity index is 0.000000354. The van der Waals surface area contributed by atoms with Crippen molar-refractivity contribution in [2.24, 2.45) is 0 Å². The van der Waals surface area contributed by atoms with Crippen LogP contribution in [0.1, 0.15) is 24.0 Å². The molecule has 32 heavy (non-hydrogen) atoms. The molecule has 2 atom stereocenters. The normalized spacial score (nSPS) is 18.7. The van der Waals surface area contributed by atoms with Gasteiger partial charge in [0.2, 0.25) is 5.91 Å². The van der Waals surface area contributed by atoms with Crippen LogP contribution < -0.4 is 15.5 Å².